The lowest BCUT2D eigenvalue weighted by atomic mass is 9.97. The van der Waals surface area contributed by atoms with Gasteiger partial charge in [-0.2, -0.15) is 4.31 Å². The standard InChI is InChI=1S/C14H13NO3S2/c16-10-13-8-11-4-1-2-5-12(11)9-15(13)20(17,18)14-6-3-7-19-14/h1-7,10,13H,8-9H2/t13-/m0/s1. The van der Waals surface area contributed by atoms with Crippen molar-refractivity contribution in [2.45, 2.75) is 23.2 Å². The van der Waals surface area contributed by atoms with Gasteiger partial charge in [-0.15, -0.1) is 11.3 Å². The lowest BCUT2D eigenvalue weighted by Crippen LogP contribution is -2.44. The molecule has 0 aliphatic carbocycles. The van der Waals surface area contributed by atoms with E-state index in [4.69, 9.17) is 0 Å². The highest BCUT2D eigenvalue weighted by Gasteiger charge is 2.35. The Morgan fingerprint density at radius 1 is 1.15 bits per heavy atom. The highest BCUT2D eigenvalue weighted by atomic mass is 32.2. The molecule has 4 nitrogen and oxygen atoms in total. The van der Waals surface area contributed by atoms with Crippen molar-refractivity contribution in [3.63, 3.8) is 0 Å². The lowest BCUT2D eigenvalue weighted by Gasteiger charge is -2.32. The van der Waals surface area contributed by atoms with Crippen LogP contribution in [0.1, 0.15) is 11.1 Å². The van der Waals surface area contributed by atoms with Crippen LogP contribution in [0.2, 0.25) is 0 Å². The summed E-state index contributed by atoms with van der Waals surface area (Å²) in [6.07, 6.45) is 1.16. The van der Waals surface area contributed by atoms with Crippen LogP contribution in [0.3, 0.4) is 0 Å². The minimum absolute atomic E-state index is 0.250. The number of benzene rings is 1. The molecule has 0 unspecified atom stereocenters. The summed E-state index contributed by atoms with van der Waals surface area (Å²) in [5, 5.41) is 1.72. The Kier molecular flexibility index (Phi) is 3.45. The van der Waals surface area contributed by atoms with Gasteiger partial charge in [-0.1, -0.05) is 30.3 Å². The van der Waals surface area contributed by atoms with Gasteiger partial charge in [0, 0.05) is 6.54 Å². The monoisotopic (exact) mass is 307 g/mol. The van der Waals surface area contributed by atoms with Crippen molar-refractivity contribution < 1.29 is 13.2 Å². The van der Waals surface area contributed by atoms with E-state index < -0.39 is 16.1 Å². The summed E-state index contributed by atoms with van der Waals surface area (Å²) in [5.74, 6) is 0. The third-order valence-electron chi connectivity index (χ3n) is 3.46. The van der Waals surface area contributed by atoms with E-state index in [-0.39, 0.29) is 10.8 Å². The second-order valence-electron chi connectivity index (χ2n) is 4.66. The van der Waals surface area contributed by atoms with Crippen LogP contribution in [0, 0.1) is 0 Å². The Balaban J connectivity index is 2.03. The summed E-state index contributed by atoms with van der Waals surface area (Å²) in [7, 11) is -3.60. The lowest BCUT2D eigenvalue weighted by molar-refractivity contribution is -0.111. The topological polar surface area (TPSA) is 54.5 Å². The first-order valence-corrected chi connectivity index (χ1v) is 8.52. The minimum atomic E-state index is -3.60. The molecule has 1 aliphatic rings. The first kappa shape index (κ1) is 13.5. The molecule has 1 aromatic heterocycles. The van der Waals surface area contributed by atoms with Crippen LogP contribution >= 0.6 is 11.3 Å². The van der Waals surface area contributed by atoms with Crippen LogP contribution in [0.15, 0.2) is 46.0 Å². The van der Waals surface area contributed by atoms with Crippen molar-refractivity contribution in [3.05, 3.63) is 52.9 Å². The predicted octanol–water partition coefficient (Wildman–Crippen LogP) is 2.06. The number of aldehydes is 1. The Morgan fingerprint density at radius 2 is 1.90 bits per heavy atom. The van der Waals surface area contributed by atoms with Crippen LogP contribution < -0.4 is 0 Å². The van der Waals surface area contributed by atoms with Gasteiger partial charge < -0.3 is 4.79 Å². The highest BCUT2D eigenvalue weighted by Crippen LogP contribution is 2.29. The van der Waals surface area contributed by atoms with Gasteiger partial charge in [-0.3, -0.25) is 0 Å². The second-order valence-corrected chi connectivity index (χ2v) is 7.72. The third kappa shape index (κ3) is 2.19. The van der Waals surface area contributed by atoms with E-state index in [2.05, 4.69) is 0 Å². The van der Waals surface area contributed by atoms with Crippen molar-refractivity contribution in [1.29, 1.82) is 0 Å². The zero-order chi connectivity index (χ0) is 14.2. The molecule has 0 saturated carbocycles. The van der Waals surface area contributed by atoms with E-state index in [1.807, 2.05) is 24.3 Å². The van der Waals surface area contributed by atoms with Gasteiger partial charge in [0.2, 0.25) is 0 Å². The predicted molar refractivity (Wildman–Crippen MR) is 77.0 cm³/mol. The quantitative estimate of drug-likeness (QED) is 0.816. The number of carbonyl (C=O) groups excluding carboxylic acids is 1. The summed E-state index contributed by atoms with van der Waals surface area (Å²) >= 11 is 1.17. The molecular weight excluding hydrogens is 294 g/mol. The SMILES string of the molecule is O=C[C@@H]1Cc2ccccc2CN1S(=O)(=O)c1cccs1. The van der Waals surface area contributed by atoms with Crippen LogP contribution in [0.5, 0.6) is 0 Å². The maximum Gasteiger partial charge on any atom is 0.253 e. The molecule has 2 heterocycles. The maximum absolute atomic E-state index is 12.6. The van der Waals surface area contributed by atoms with E-state index in [1.165, 1.54) is 15.6 Å². The van der Waals surface area contributed by atoms with Gasteiger partial charge in [0.15, 0.2) is 0 Å². The van der Waals surface area contributed by atoms with Gasteiger partial charge in [-0.25, -0.2) is 8.42 Å². The number of carbonyl (C=O) groups is 1. The van der Waals surface area contributed by atoms with Crippen LogP contribution in [0.4, 0.5) is 0 Å². The van der Waals surface area contributed by atoms with Gasteiger partial charge in [0.25, 0.3) is 10.0 Å². The van der Waals surface area contributed by atoms with Gasteiger partial charge in [0.1, 0.15) is 10.5 Å². The molecule has 1 aliphatic heterocycles. The Bertz CT molecular complexity index is 723. The molecule has 0 radical (unpaired) electrons. The number of sulfonamides is 1. The fourth-order valence-electron chi connectivity index (χ4n) is 2.43. The summed E-state index contributed by atoms with van der Waals surface area (Å²) < 4.78 is 26.8. The average molecular weight is 307 g/mol. The first-order chi connectivity index (χ1) is 9.63. The third-order valence-corrected chi connectivity index (χ3v) is 6.70. The molecule has 1 atom stereocenters. The summed E-state index contributed by atoms with van der Waals surface area (Å²) in [5.41, 5.74) is 2.01. The second kappa shape index (κ2) is 5.12. The zero-order valence-electron chi connectivity index (χ0n) is 10.6. The zero-order valence-corrected chi connectivity index (χ0v) is 12.2. The van der Waals surface area contributed by atoms with Gasteiger partial charge >= 0.3 is 0 Å². The molecule has 0 amide bonds. The number of hydrogen-bond donors (Lipinski definition) is 0. The van der Waals surface area contributed by atoms with Gasteiger partial charge in [-0.05, 0) is 29.0 Å². The number of thiophene rings is 1. The summed E-state index contributed by atoms with van der Waals surface area (Å²) in [4.78, 5) is 11.3. The molecule has 20 heavy (non-hydrogen) atoms. The van der Waals surface area contributed by atoms with Crippen molar-refractivity contribution in [1.82, 2.24) is 4.31 Å². The number of rotatable bonds is 3. The number of nitrogens with zero attached hydrogens (tertiary/aromatic N) is 1. The number of hydrogen-bond acceptors (Lipinski definition) is 4. The van der Waals surface area contributed by atoms with E-state index in [0.29, 0.717) is 6.42 Å². The average Bonchev–Trinajstić information content (AvgIpc) is 3.00. The van der Waals surface area contributed by atoms with E-state index in [0.717, 1.165) is 17.4 Å². The van der Waals surface area contributed by atoms with Crippen molar-refractivity contribution in [2.24, 2.45) is 0 Å². The number of fused-ring (bicyclic) bond motifs is 1. The first-order valence-electron chi connectivity index (χ1n) is 6.20. The Morgan fingerprint density at radius 3 is 2.55 bits per heavy atom. The van der Waals surface area contributed by atoms with Crippen molar-refractivity contribution in [3.8, 4) is 0 Å². The van der Waals surface area contributed by atoms with E-state index in [1.54, 1.807) is 17.5 Å². The van der Waals surface area contributed by atoms with E-state index in [9.17, 15) is 13.2 Å². The molecule has 104 valence electrons. The molecule has 0 spiro atoms. The molecule has 0 bridgehead atoms. The molecule has 0 N–H and O–H groups in total. The van der Waals surface area contributed by atoms with Crippen LogP contribution in [-0.4, -0.2) is 25.1 Å². The molecule has 0 fully saturated rings. The smallest absolute Gasteiger partial charge is 0.253 e. The molecular formula is C14H13NO3S2. The van der Waals surface area contributed by atoms with Gasteiger partial charge in [0.05, 0.1) is 6.04 Å². The Hall–Kier alpha value is -1.50. The van der Waals surface area contributed by atoms with Crippen LogP contribution in [-0.2, 0) is 27.8 Å². The van der Waals surface area contributed by atoms with E-state index >= 15 is 0 Å². The van der Waals surface area contributed by atoms with Crippen LogP contribution in [0.25, 0.3) is 0 Å². The normalized spacial score (nSPS) is 19.5. The summed E-state index contributed by atoms with van der Waals surface area (Å²) in [6.45, 7) is 0.250. The fourth-order valence-corrected chi connectivity index (χ4v) is 5.09. The largest absolute Gasteiger partial charge is 0.302 e. The molecule has 6 heteroatoms. The van der Waals surface area contributed by atoms with Crippen molar-refractivity contribution in [2.75, 3.05) is 0 Å². The molecule has 1 aromatic carbocycles. The fraction of sp³-hybridized carbons (Fsp3) is 0.214. The Labute approximate surface area is 121 Å². The molecule has 0 saturated heterocycles. The summed E-state index contributed by atoms with van der Waals surface area (Å²) in [6, 6.07) is 10.3. The minimum Gasteiger partial charge on any atom is -0.302 e. The molecule has 2 aromatic rings. The van der Waals surface area contributed by atoms with Crippen molar-refractivity contribution >= 4 is 27.6 Å². The maximum atomic E-state index is 12.6. The molecule has 3 rings (SSSR count). The highest BCUT2D eigenvalue weighted by molar-refractivity contribution is 7.91.